The van der Waals surface area contributed by atoms with E-state index in [1.54, 1.807) is 6.08 Å². The molecule has 43 heavy (non-hydrogen) atoms. The van der Waals surface area contributed by atoms with Gasteiger partial charge in [0.1, 0.15) is 13.2 Å². The van der Waals surface area contributed by atoms with E-state index in [-0.39, 0.29) is 19.1 Å². The number of hydrogen-bond donors (Lipinski definition) is 3. The molecule has 0 radical (unpaired) electrons. The Morgan fingerprint density at radius 2 is 1.40 bits per heavy atom. The number of nitrogens with zero attached hydrogens (tertiary/aromatic N) is 1. The number of likely N-dealkylation sites (N-methyl/N-ethyl adjacent to an activating group) is 1. The molecule has 250 valence electrons. The molecule has 0 saturated heterocycles. The van der Waals surface area contributed by atoms with Crippen molar-refractivity contribution in [2.24, 2.45) is 0 Å². The molecule has 3 N–H and O–H groups in total. The van der Waals surface area contributed by atoms with Crippen molar-refractivity contribution in [1.82, 2.24) is 5.32 Å². The lowest BCUT2D eigenvalue weighted by atomic mass is 10.1. The number of aliphatic hydroxyl groups excluding tert-OH is 1. The van der Waals surface area contributed by atoms with Gasteiger partial charge in [-0.3, -0.25) is 13.8 Å². The number of allylic oxidation sites excluding steroid dienone is 7. The Hall–Kier alpha value is -1.54. The molecule has 0 saturated carbocycles. The van der Waals surface area contributed by atoms with E-state index in [0.717, 1.165) is 70.6 Å². The van der Waals surface area contributed by atoms with Crippen molar-refractivity contribution in [2.45, 2.75) is 122 Å². The molecule has 8 nitrogen and oxygen atoms in total. The molecule has 0 aromatic carbocycles. The first-order valence-corrected chi connectivity index (χ1v) is 18.0. The highest BCUT2D eigenvalue weighted by Gasteiger charge is 2.27. The summed E-state index contributed by atoms with van der Waals surface area (Å²) in [5.74, 6) is -0.210. The first kappa shape index (κ1) is 41.5. The fraction of sp³-hybridized carbons (Fsp3) is 0.735. The van der Waals surface area contributed by atoms with Crippen LogP contribution in [0.3, 0.4) is 0 Å². The van der Waals surface area contributed by atoms with Crippen molar-refractivity contribution in [2.75, 3.05) is 40.9 Å². The molecule has 9 heteroatoms. The van der Waals surface area contributed by atoms with Gasteiger partial charge in [0, 0.05) is 6.42 Å². The van der Waals surface area contributed by atoms with E-state index in [1.165, 1.54) is 19.3 Å². The summed E-state index contributed by atoms with van der Waals surface area (Å²) in [6, 6.07) is -0.866. The highest BCUT2D eigenvalue weighted by molar-refractivity contribution is 7.47. The number of carbonyl (C=O) groups excluding carboxylic acids is 1. The van der Waals surface area contributed by atoms with E-state index < -0.39 is 20.0 Å². The van der Waals surface area contributed by atoms with Crippen LogP contribution in [0.2, 0.25) is 0 Å². The summed E-state index contributed by atoms with van der Waals surface area (Å²) < 4.78 is 23.3. The third-order valence-corrected chi connectivity index (χ3v) is 7.74. The van der Waals surface area contributed by atoms with Crippen LogP contribution < -0.4 is 5.32 Å². The van der Waals surface area contributed by atoms with Gasteiger partial charge >= 0.3 is 7.82 Å². The molecular weight excluding hydrogens is 563 g/mol. The maximum atomic E-state index is 12.7. The minimum absolute atomic E-state index is 0.0508. The zero-order valence-electron chi connectivity index (χ0n) is 27.9. The Balaban J connectivity index is 4.65. The maximum absolute atomic E-state index is 12.7. The van der Waals surface area contributed by atoms with Crippen LogP contribution in [-0.4, -0.2) is 73.4 Å². The third-order valence-electron chi connectivity index (χ3n) is 6.75. The van der Waals surface area contributed by atoms with Crippen molar-refractivity contribution < 1.29 is 32.9 Å². The Morgan fingerprint density at radius 1 is 0.791 bits per heavy atom. The standard InChI is InChI=1S/C34H63N2O6P/c1-6-8-10-12-14-16-17-18-19-20-22-24-26-28-34(38)35-32(31-42-43(39,40)41-30-29-36(3,4)5)33(37)27-25-23-21-15-13-11-9-7-2/h10,12-13,15-17,25,27,32-33,37H,6-9,11,14,18-24,26,28-31H2,1-5H3,(H-,35,38,39,40)/p+1/b12-10-,15-13+,17-16-,27-25+. The van der Waals surface area contributed by atoms with E-state index in [2.05, 4.69) is 55.6 Å². The minimum Gasteiger partial charge on any atom is -0.387 e. The molecule has 3 atom stereocenters. The topological polar surface area (TPSA) is 105 Å². The summed E-state index contributed by atoms with van der Waals surface area (Å²) in [4.78, 5) is 22.8. The molecule has 0 aliphatic heterocycles. The Bertz CT molecular complexity index is 850. The van der Waals surface area contributed by atoms with E-state index in [9.17, 15) is 19.4 Å². The van der Waals surface area contributed by atoms with Gasteiger partial charge < -0.3 is 19.8 Å². The van der Waals surface area contributed by atoms with Gasteiger partial charge in [-0.25, -0.2) is 4.57 Å². The number of unbranched alkanes of at least 4 members (excludes halogenated alkanes) is 9. The van der Waals surface area contributed by atoms with Crippen LogP contribution in [0.15, 0.2) is 48.6 Å². The lowest BCUT2D eigenvalue weighted by Gasteiger charge is -2.25. The van der Waals surface area contributed by atoms with Crippen LogP contribution in [0.25, 0.3) is 0 Å². The van der Waals surface area contributed by atoms with Gasteiger partial charge in [-0.1, -0.05) is 101 Å². The number of carbonyl (C=O) groups is 1. The summed E-state index contributed by atoms with van der Waals surface area (Å²) in [7, 11) is 1.53. The average molecular weight is 628 g/mol. The van der Waals surface area contributed by atoms with E-state index in [0.29, 0.717) is 17.4 Å². The molecule has 1 amide bonds. The van der Waals surface area contributed by atoms with Crippen LogP contribution in [0, 0.1) is 0 Å². The second kappa shape index (κ2) is 26.8. The number of rotatable bonds is 28. The first-order chi connectivity index (χ1) is 20.5. The zero-order chi connectivity index (χ0) is 32.2. The van der Waals surface area contributed by atoms with Gasteiger partial charge in [-0.15, -0.1) is 0 Å². The fourth-order valence-electron chi connectivity index (χ4n) is 4.02. The average Bonchev–Trinajstić information content (AvgIpc) is 2.94. The zero-order valence-corrected chi connectivity index (χ0v) is 28.8. The molecule has 0 rings (SSSR count). The quantitative estimate of drug-likeness (QED) is 0.0354. The molecule has 0 heterocycles. The molecule has 0 aliphatic carbocycles. The second-order valence-corrected chi connectivity index (χ2v) is 13.6. The number of nitrogens with one attached hydrogen (secondary N) is 1. The second-order valence-electron chi connectivity index (χ2n) is 12.2. The van der Waals surface area contributed by atoms with E-state index in [1.807, 2.05) is 27.2 Å². The highest BCUT2D eigenvalue weighted by atomic mass is 31.2. The summed E-state index contributed by atoms with van der Waals surface area (Å²) in [5.41, 5.74) is 0. The number of phosphoric acid groups is 1. The first-order valence-electron chi connectivity index (χ1n) is 16.5. The van der Waals surface area contributed by atoms with Gasteiger partial charge in [-0.2, -0.15) is 0 Å². The number of aliphatic hydroxyl groups is 1. The number of phosphoric ester groups is 1. The van der Waals surface area contributed by atoms with Gasteiger partial charge in [0.2, 0.25) is 5.91 Å². The van der Waals surface area contributed by atoms with Crippen molar-refractivity contribution >= 4 is 13.7 Å². The largest absolute Gasteiger partial charge is 0.472 e. The lowest BCUT2D eigenvalue weighted by molar-refractivity contribution is -0.870. The van der Waals surface area contributed by atoms with Crippen molar-refractivity contribution in [1.29, 1.82) is 0 Å². The number of amides is 1. The summed E-state index contributed by atoms with van der Waals surface area (Å²) in [6.45, 7) is 4.59. The predicted molar refractivity (Wildman–Crippen MR) is 180 cm³/mol. The predicted octanol–water partition coefficient (Wildman–Crippen LogP) is 7.79. The highest BCUT2D eigenvalue weighted by Crippen LogP contribution is 2.43. The van der Waals surface area contributed by atoms with Gasteiger partial charge in [0.25, 0.3) is 0 Å². The third kappa shape index (κ3) is 29.0. The number of quaternary nitrogens is 1. The summed E-state index contributed by atoms with van der Waals surface area (Å²) in [5, 5.41) is 13.6. The van der Waals surface area contributed by atoms with Gasteiger partial charge in [-0.05, 0) is 51.4 Å². The van der Waals surface area contributed by atoms with E-state index in [4.69, 9.17) is 9.05 Å². The Kier molecular flexibility index (Phi) is 25.9. The van der Waals surface area contributed by atoms with Crippen LogP contribution in [-0.2, 0) is 18.4 Å². The maximum Gasteiger partial charge on any atom is 0.472 e. The molecule has 3 unspecified atom stereocenters. The lowest BCUT2D eigenvalue weighted by Crippen LogP contribution is -2.45. The summed E-state index contributed by atoms with van der Waals surface area (Å²) >= 11 is 0. The van der Waals surface area contributed by atoms with E-state index >= 15 is 0 Å². The minimum atomic E-state index is -4.33. The molecule has 0 fully saturated rings. The van der Waals surface area contributed by atoms with Crippen LogP contribution in [0.5, 0.6) is 0 Å². The van der Waals surface area contributed by atoms with Crippen LogP contribution in [0.1, 0.15) is 110 Å². The van der Waals surface area contributed by atoms with Crippen LogP contribution >= 0.6 is 7.82 Å². The summed E-state index contributed by atoms with van der Waals surface area (Å²) in [6.07, 6.45) is 30.5. The number of hydrogen-bond acceptors (Lipinski definition) is 5. The molecular formula is C34H64N2O6P+. The molecule has 0 aliphatic rings. The van der Waals surface area contributed by atoms with Gasteiger partial charge in [0.05, 0.1) is 39.9 Å². The van der Waals surface area contributed by atoms with Gasteiger partial charge in [0.15, 0.2) is 0 Å². The molecule has 0 bridgehead atoms. The Labute approximate surface area is 263 Å². The molecule has 0 spiro atoms. The monoisotopic (exact) mass is 627 g/mol. The normalized spacial score (nSPS) is 15.6. The van der Waals surface area contributed by atoms with Crippen molar-refractivity contribution in [3.8, 4) is 0 Å². The van der Waals surface area contributed by atoms with Crippen molar-refractivity contribution in [3.05, 3.63) is 48.6 Å². The fourth-order valence-corrected chi connectivity index (χ4v) is 4.75. The smallest absolute Gasteiger partial charge is 0.387 e. The molecule has 0 aromatic heterocycles. The Morgan fingerprint density at radius 3 is 2.09 bits per heavy atom. The SMILES string of the molecule is CCC/C=C\C/C=C\CCCCCCCC(=O)NC(COP(=O)(O)OCC[N+](C)(C)C)C(O)/C=C/CC/C=C/CCCC. The van der Waals surface area contributed by atoms with Crippen molar-refractivity contribution in [3.63, 3.8) is 0 Å². The van der Waals surface area contributed by atoms with Crippen LogP contribution in [0.4, 0.5) is 0 Å². The molecule has 0 aromatic rings.